The van der Waals surface area contributed by atoms with Crippen molar-refractivity contribution in [2.45, 2.75) is 26.2 Å². The molecule has 2 amide bonds. The quantitative estimate of drug-likeness (QED) is 0.727. The predicted octanol–water partition coefficient (Wildman–Crippen LogP) is 3.16. The van der Waals surface area contributed by atoms with Crippen LogP contribution in [0.5, 0.6) is 0 Å². The van der Waals surface area contributed by atoms with E-state index in [1.54, 1.807) is 6.07 Å². The molecule has 1 aromatic carbocycles. The third-order valence-corrected chi connectivity index (χ3v) is 5.15. The van der Waals surface area contributed by atoms with Crippen molar-refractivity contribution in [2.24, 2.45) is 11.3 Å². The van der Waals surface area contributed by atoms with E-state index in [1.165, 1.54) is 6.92 Å². The molecule has 1 heterocycles. The van der Waals surface area contributed by atoms with E-state index >= 15 is 0 Å². The van der Waals surface area contributed by atoms with Crippen molar-refractivity contribution in [3.05, 3.63) is 22.7 Å². The summed E-state index contributed by atoms with van der Waals surface area (Å²) >= 11 is 3.40. The van der Waals surface area contributed by atoms with Crippen LogP contribution in [-0.4, -0.2) is 24.9 Å². The first-order valence-corrected chi connectivity index (χ1v) is 8.38. The Morgan fingerprint density at radius 1 is 1.22 bits per heavy atom. The summed E-state index contributed by atoms with van der Waals surface area (Å²) in [6, 6.07) is 5.45. The number of hydrogen-bond donors (Lipinski definition) is 3. The maximum Gasteiger partial charge on any atom is 0.228 e. The van der Waals surface area contributed by atoms with Crippen LogP contribution in [0.3, 0.4) is 0 Å². The van der Waals surface area contributed by atoms with Gasteiger partial charge in [-0.2, -0.15) is 0 Å². The number of anilines is 2. The van der Waals surface area contributed by atoms with E-state index in [1.807, 2.05) is 12.1 Å². The fraction of sp³-hybridized carbons (Fsp3) is 0.500. The highest BCUT2D eigenvalue weighted by atomic mass is 79.9. The molecule has 0 bridgehead atoms. The summed E-state index contributed by atoms with van der Waals surface area (Å²) in [6.07, 6.45) is 3.12. The van der Waals surface area contributed by atoms with Gasteiger partial charge in [-0.3, -0.25) is 9.59 Å². The Morgan fingerprint density at radius 3 is 2.57 bits per heavy atom. The third kappa shape index (κ3) is 4.05. The molecule has 0 aromatic heterocycles. The summed E-state index contributed by atoms with van der Waals surface area (Å²) in [5.41, 5.74) is 1.48. The van der Waals surface area contributed by atoms with E-state index in [0.29, 0.717) is 11.4 Å². The third-order valence-electron chi connectivity index (χ3n) is 4.66. The SMILES string of the molecule is CC(=O)Nc1ccc(Br)cc1NC(=O)C1CC12CCNCC2.Cl. The number of amides is 2. The number of hydrogen-bond acceptors (Lipinski definition) is 3. The zero-order chi connectivity index (χ0) is 15.7. The van der Waals surface area contributed by atoms with Gasteiger partial charge in [0, 0.05) is 17.3 Å². The average molecular weight is 403 g/mol. The molecule has 1 spiro atoms. The topological polar surface area (TPSA) is 70.2 Å². The smallest absolute Gasteiger partial charge is 0.228 e. The molecule has 2 fully saturated rings. The Bertz CT molecular complexity index is 617. The van der Waals surface area contributed by atoms with Gasteiger partial charge in [0.15, 0.2) is 0 Å². The Morgan fingerprint density at radius 2 is 1.91 bits per heavy atom. The minimum atomic E-state index is -0.154. The van der Waals surface area contributed by atoms with Crippen LogP contribution in [0, 0.1) is 11.3 Å². The van der Waals surface area contributed by atoms with Gasteiger partial charge in [0.05, 0.1) is 11.4 Å². The van der Waals surface area contributed by atoms with Crippen molar-refractivity contribution in [2.75, 3.05) is 23.7 Å². The van der Waals surface area contributed by atoms with E-state index in [2.05, 4.69) is 31.9 Å². The second-order valence-electron chi connectivity index (χ2n) is 6.23. The first kappa shape index (κ1) is 18.2. The maximum absolute atomic E-state index is 12.5. The molecule has 23 heavy (non-hydrogen) atoms. The summed E-state index contributed by atoms with van der Waals surface area (Å²) in [7, 11) is 0. The van der Waals surface area contributed by atoms with Crippen molar-refractivity contribution < 1.29 is 9.59 Å². The average Bonchev–Trinajstić information content (AvgIpc) is 3.16. The Balaban J connectivity index is 0.00000192. The lowest BCUT2D eigenvalue weighted by atomic mass is 9.92. The minimum Gasteiger partial charge on any atom is -0.325 e. The summed E-state index contributed by atoms with van der Waals surface area (Å²) in [4.78, 5) is 23.8. The van der Waals surface area contributed by atoms with Gasteiger partial charge in [-0.1, -0.05) is 15.9 Å². The minimum absolute atomic E-state index is 0. The van der Waals surface area contributed by atoms with Crippen molar-refractivity contribution in [1.82, 2.24) is 5.32 Å². The van der Waals surface area contributed by atoms with E-state index in [9.17, 15) is 9.59 Å². The maximum atomic E-state index is 12.5. The summed E-state index contributed by atoms with van der Waals surface area (Å²) in [5, 5.41) is 9.08. The van der Waals surface area contributed by atoms with E-state index in [-0.39, 0.29) is 35.6 Å². The molecule has 5 nitrogen and oxygen atoms in total. The fourth-order valence-electron chi connectivity index (χ4n) is 3.33. The van der Waals surface area contributed by atoms with Crippen molar-refractivity contribution in [3.63, 3.8) is 0 Å². The van der Waals surface area contributed by atoms with E-state index in [4.69, 9.17) is 0 Å². The summed E-state index contributed by atoms with van der Waals surface area (Å²) < 4.78 is 0.865. The number of rotatable bonds is 3. The largest absolute Gasteiger partial charge is 0.325 e. The first-order chi connectivity index (χ1) is 10.5. The molecule has 3 N–H and O–H groups in total. The molecule has 1 aromatic rings. The highest BCUT2D eigenvalue weighted by molar-refractivity contribution is 9.10. The van der Waals surface area contributed by atoms with Gasteiger partial charge in [0.1, 0.15) is 0 Å². The zero-order valence-electron chi connectivity index (χ0n) is 12.9. The van der Waals surface area contributed by atoms with Crippen molar-refractivity contribution in [1.29, 1.82) is 0 Å². The molecule has 1 atom stereocenters. The Kier molecular flexibility index (Phi) is 5.70. The lowest BCUT2D eigenvalue weighted by molar-refractivity contribution is -0.118. The molecule has 2 aliphatic rings. The molecule has 1 aliphatic heterocycles. The summed E-state index contributed by atoms with van der Waals surface area (Å²) in [6.45, 7) is 3.45. The number of nitrogens with one attached hydrogen (secondary N) is 3. The molecule has 0 radical (unpaired) electrons. The lowest BCUT2D eigenvalue weighted by Crippen LogP contribution is -2.31. The Hall–Kier alpha value is -1.11. The second kappa shape index (κ2) is 7.20. The molecule has 7 heteroatoms. The number of carbonyl (C=O) groups is 2. The molecule has 1 aliphatic carbocycles. The van der Waals surface area contributed by atoms with Gasteiger partial charge in [0.2, 0.25) is 11.8 Å². The van der Waals surface area contributed by atoms with Crippen LogP contribution in [0.15, 0.2) is 22.7 Å². The summed E-state index contributed by atoms with van der Waals surface area (Å²) in [5.74, 6) is 0.00410. The van der Waals surface area contributed by atoms with E-state index in [0.717, 1.165) is 36.8 Å². The van der Waals surface area contributed by atoms with Gasteiger partial charge >= 0.3 is 0 Å². The van der Waals surface area contributed by atoms with Crippen LogP contribution >= 0.6 is 28.3 Å². The van der Waals surface area contributed by atoms with Crippen molar-refractivity contribution >= 4 is 51.5 Å². The monoisotopic (exact) mass is 401 g/mol. The van der Waals surface area contributed by atoms with Crippen molar-refractivity contribution in [3.8, 4) is 0 Å². The van der Waals surface area contributed by atoms with E-state index < -0.39 is 0 Å². The zero-order valence-corrected chi connectivity index (χ0v) is 15.4. The Labute approximate surface area is 150 Å². The number of benzene rings is 1. The highest BCUT2D eigenvalue weighted by Gasteiger charge is 2.57. The number of piperidine rings is 1. The molecular weight excluding hydrogens is 382 g/mol. The molecule has 3 rings (SSSR count). The molecule has 1 saturated carbocycles. The molecular formula is C16H21BrClN3O2. The van der Waals surface area contributed by atoms with Crippen LogP contribution in [0.25, 0.3) is 0 Å². The van der Waals surface area contributed by atoms with Crippen LogP contribution in [-0.2, 0) is 9.59 Å². The molecule has 1 saturated heterocycles. The number of carbonyl (C=O) groups excluding carboxylic acids is 2. The van der Waals surface area contributed by atoms with Crippen LogP contribution < -0.4 is 16.0 Å². The lowest BCUT2D eigenvalue weighted by Gasteiger charge is -2.23. The van der Waals surface area contributed by atoms with Gasteiger partial charge in [-0.15, -0.1) is 12.4 Å². The molecule has 1 unspecified atom stereocenters. The fourth-order valence-corrected chi connectivity index (χ4v) is 3.70. The normalized spacial score (nSPS) is 21.2. The van der Waals surface area contributed by atoms with Crippen LogP contribution in [0.4, 0.5) is 11.4 Å². The van der Waals surface area contributed by atoms with Crippen LogP contribution in [0.2, 0.25) is 0 Å². The first-order valence-electron chi connectivity index (χ1n) is 7.59. The van der Waals surface area contributed by atoms with Gasteiger partial charge in [-0.25, -0.2) is 0 Å². The molecule has 126 valence electrons. The van der Waals surface area contributed by atoms with Crippen LogP contribution in [0.1, 0.15) is 26.2 Å². The predicted molar refractivity (Wildman–Crippen MR) is 97.0 cm³/mol. The van der Waals surface area contributed by atoms with Gasteiger partial charge in [-0.05, 0) is 56.0 Å². The highest BCUT2D eigenvalue weighted by Crippen LogP contribution is 2.58. The second-order valence-corrected chi connectivity index (χ2v) is 7.15. The van der Waals surface area contributed by atoms with Gasteiger partial charge < -0.3 is 16.0 Å². The van der Waals surface area contributed by atoms with Gasteiger partial charge in [0.25, 0.3) is 0 Å². The number of halogens is 2. The standard InChI is InChI=1S/C16H20BrN3O2.ClH/c1-10(21)19-13-3-2-11(17)8-14(13)20-15(22)12-9-16(12)4-6-18-7-5-16;/h2-3,8,12,18H,4-7,9H2,1H3,(H,19,21)(H,20,22);1H.